The Morgan fingerprint density at radius 2 is 2.05 bits per heavy atom. The molecule has 110 valence electrons. The van der Waals surface area contributed by atoms with E-state index < -0.39 is 0 Å². The number of H-pyrrole nitrogens is 1. The molecule has 0 spiro atoms. The molecule has 0 fully saturated rings. The standard InChI is InChI=1S/C16H25N3S/c1-2-3-4-5-6-7-10-17-12-14-13-18-19-16(14)15-9-8-11-20-15/h8-9,11,13,17H,2-7,10,12H2,1H3,(H,18,19). The summed E-state index contributed by atoms with van der Waals surface area (Å²) < 4.78 is 0. The van der Waals surface area contributed by atoms with Crippen molar-refractivity contribution in [3.63, 3.8) is 0 Å². The number of nitrogens with zero attached hydrogens (tertiary/aromatic N) is 1. The second kappa shape index (κ2) is 8.93. The fraction of sp³-hybridized carbons (Fsp3) is 0.562. The fourth-order valence-corrected chi connectivity index (χ4v) is 3.09. The smallest absolute Gasteiger partial charge is 0.0794 e. The van der Waals surface area contributed by atoms with Gasteiger partial charge in [-0.15, -0.1) is 11.3 Å². The van der Waals surface area contributed by atoms with Crippen molar-refractivity contribution in [2.75, 3.05) is 6.54 Å². The number of hydrogen-bond donors (Lipinski definition) is 2. The monoisotopic (exact) mass is 291 g/mol. The van der Waals surface area contributed by atoms with Gasteiger partial charge in [0.1, 0.15) is 0 Å². The van der Waals surface area contributed by atoms with E-state index in [9.17, 15) is 0 Å². The minimum absolute atomic E-state index is 0.901. The minimum Gasteiger partial charge on any atom is -0.313 e. The largest absolute Gasteiger partial charge is 0.313 e. The summed E-state index contributed by atoms with van der Waals surface area (Å²) >= 11 is 1.75. The molecule has 2 rings (SSSR count). The average Bonchev–Trinajstić information content (AvgIpc) is 3.11. The molecule has 0 aliphatic carbocycles. The maximum absolute atomic E-state index is 4.17. The van der Waals surface area contributed by atoms with Crippen molar-refractivity contribution in [2.24, 2.45) is 0 Å². The summed E-state index contributed by atoms with van der Waals surface area (Å²) in [7, 11) is 0. The van der Waals surface area contributed by atoms with Crippen molar-refractivity contribution in [1.82, 2.24) is 15.5 Å². The number of unbranched alkanes of at least 4 members (excludes halogenated alkanes) is 5. The number of thiophene rings is 1. The predicted molar refractivity (Wildman–Crippen MR) is 87.0 cm³/mol. The SMILES string of the molecule is CCCCCCCCNCc1cn[nH]c1-c1cccs1. The van der Waals surface area contributed by atoms with E-state index in [1.165, 1.54) is 49.0 Å². The molecule has 2 aromatic rings. The van der Waals surface area contributed by atoms with Gasteiger partial charge in [-0.25, -0.2) is 0 Å². The van der Waals surface area contributed by atoms with Crippen LogP contribution in [0.5, 0.6) is 0 Å². The molecule has 0 saturated carbocycles. The number of rotatable bonds is 10. The van der Waals surface area contributed by atoms with Crippen LogP contribution in [-0.4, -0.2) is 16.7 Å². The molecule has 0 unspecified atom stereocenters. The minimum atomic E-state index is 0.901. The Hall–Kier alpha value is -1.13. The Balaban J connectivity index is 1.64. The highest BCUT2D eigenvalue weighted by molar-refractivity contribution is 7.13. The van der Waals surface area contributed by atoms with Gasteiger partial charge in [0.05, 0.1) is 16.8 Å². The molecule has 4 heteroatoms. The average molecular weight is 291 g/mol. The van der Waals surface area contributed by atoms with Crippen molar-refractivity contribution in [3.05, 3.63) is 29.3 Å². The van der Waals surface area contributed by atoms with Crippen LogP contribution in [-0.2, 0) is 6.54 Å². The van der Waals surface area contributed by atoms with Gasteiger partial charge >= 0.3 is 0 Å². The molecular weight excluding hydrogens is 266 g/mol. The van der Waals surface area contributed by atoms with Crippen LogP contribution >= 0.6 is 11.3 Å². The van der Waals surface area contributed by atoms with Gasteiger partial charge in [0.15, 0.2) is 0 Å². The number of nitrogens with one attached hydrogen (secondary N) is 2. The van der Waals surface area contributed by atoms with E-state index in [-0.39, 0.29) is 0 Å². The molecule has 0 aromatic carbocycles. The molecule has 0 bridgehead atoms. The molecule has 0 aliphatic rings. The normalized spacial score (nSPS) is 11.1. The van der Waals surface area contributed by atoms with Gasteiger partial charge in [0, 0.05) is 12.1 Å². The van der Waals surface area contributed by atoms with E-state index in [1.807, 2.05) is 6.20 Å². The summed E-state index contributed by atoms with van der Waals surface area (Å²) in [5, 5.41) is 12.9. The van der Waals surface area contributed by atoms with Crippen molar-refractivity contribution >= 4 is 11.3 Å². The van der Waals surface area contributed by atoms with Gasteiger partial charge in [-0.2, -0.15) is 5.10 Å². The zero-order valence-corrected chi connectivity index (χ0v) is 13.1. The van der Waals surface area contributed by atoms with Gasteiger partial charge in [-0.05, 0) is 24.4 Å². The lowest BCUT2D eigenvalue weighted by Gasteiger charge is -2.05. The van der Waals surface area contributed by atoms with Gasteiger partial charge in [0.25, 0.3) is 0 Å². The highest BCUT2D eigenvalue weighted by Crippen LogP contribution is 2.25. The Labute approximate surface area is 125 Å². The molecular formula is C16H25N3S. The Morgan fingerprint density at radius 3 is 2.85 bits per heavy atom. The highest BCUT2D eigenvalue weighted by atomic mass is 32.1. The highest BCUT2D eigenvalue weighted by Gasteiger charge is 2.07. The Kier molecular flexibility index (Phi) is 6.81. The van der Waals surface area contributed by atoms with Crippen LogP contribution in [0.2, 0.25) is 0 Å². The lowest BCUT2D eigenvalue weighted by Crippen LogP contribution is -2.14. The van der Waals surface area contributed by atoms with Crippen molar-refractivity contribution in [1.29, 1.82) is 0 Å². The van der Waals surface area contributed by atoms with Crippen LogP contribution in [0.15, 0.2) is 23.7 Å². The first-order valence-corrected chi connectivity index (χ1v) is 8.56. The third-order valence-electron chi connectivity index (χ3n) is 3.51. The predicted octanol–water partition coefficient (Wildman–Crippen LogP) is 4.59. The summed E-state index contributed by atoms with van der Waals surface area (Å²) in [6.07, 6.45) is 10.0. The number of hydrogen-bond acceptors (Lipinski definition) is 3. The zero-order chi connectivity index (χ0) is 14.0. The van der Waals surface area contributed by atoms with Crippen LogP contribution in [0.4, 0.5) is 0 Å². The molecule has 2 heterocycles. The first-order chi connectivity index (χ1) is 9.92. The second-order valence-electron chi connectivity index (χ2n) is 5.19. The summed E-state index contributed by atoms with van der Waals surface area (Å²) in [5.41, 5.74) is 2.42. The zero-order valence-electron chi connectivity index (χ0n) is 12.3. The van der Waals surface area contributed by atoms with E-state index in [2.05, 4.69) is 40.0 Å². The summed E-state index contributed by atoms with van der Waals surface area (Å²) in [6, 6.07) is 4.21. The molecule has 0 radical (unpaired) electrons. The molecule has 0 amide bonds. The lowest BCUT2D eigenvalue weighted by atomic mass is 10.1. The van der Waals surface area contributed by atoms with Crippen molar-refractivity contribution in [2.45, 2.75) is 52.0 Å². The summed E-state index contributed by atoms with van der Waals surface area (Å²) in [4.78, 5) is 1.26. The van der Waals surface area contributed by atoms with Crippen LogP contribution in [0.3, 0.4) is 0 Å². The molecule has 3 nitrogen and oxygen atoms in total. The van der Waals surface area contributed by atoms with Crippen LogP contribution < -0.4 is 5.32 Å². The fourth-order valence-electron chi connectivity index (χ4n) is 2.33. The summed E-state index contributed by atoms with van der Waals surface area (Å²) in [5.74, 6) is 0. The van der Waals surface area contributed by atoms with Crippen molar-refractivity contribution in [3.8, 4) is 10.6 Å². The topological polar surface area (TPSA) is 40.7 Å². The van der Waals surface area contributed by atoms with E-state index >= 15 is 0 Å². The molecule has 20 heavy (non-hydrogen) atoms. The van der Waals surface area contributed by atoms with E-state index in [1.54, 1.807) is 11.3 Å². The van der Waals surface area contributed by atoms with E-state index in [0.717, 1.165) is 18.8 Å². The van der Waals surface area contributed by atoms with Crippen molar-refractivity contribution < 1.29 is 0 Å². The Morgan fingerprint density at radius 1 is 1.20 bits per heavy atom. The number of aromatic nitrogens is 2. The van der Waals surface area contributed by atoms with Gasteiger partial charge in [-0.1, -0.05) is 45.1 Å². The lowest BCUT2D eigenvalue weighted by molar-refractivity contribution is 0.572. The van der Waals surface area contributed by atoms with Gasteiger partial charge in [-0.3, -0.25) is 5.10 Å². The summed E-state index contributed by atoms with van der Waals surface area (Å²) in [6.45, 7) is 4.26. The van der Waals surface area contributed by atoms with E-state index in [4.69, 9.17) is 0 Å². The van der Waals surface area contributed by atoms with E-state index in [0.29, 0.717) is 0 Å². The second-order valence-corrected chi connectivity index (χ2v) is 6.14. The third kappa shape index (κ3) is 4.76. The van der Waals surface area contributed by atoms with Crippen LogP contribution in [0.1, 0.15) is 51.0 Å². The Bertz CT molecular complexity index is 462. The van der Waals surface area contributed by atoms with Crippen LogP contribution in [0, 0.1) is 0 Å². The third-order valence-corrected chi connectivity index (χ3v) is 4.40. The van der Waals surface area contributed by atoms with Crippen LogP contribution in [0.25, 0.3) is 10.6 Å². The van der Waals surface area contributed by atoms with Gasteiger partial charge < -0.3 is 5.32 Å². The van der Waals surface area contributed by atoms with Gasteiger partial charge in [0.2, 0.25) is 0 Å². The molecule has 0 atom stereocenters. The first kappa shape index (κ1) is 15.3. The maximum atomic E-state index is 4.17. The molecule has 0 aliphatic heterocycles. The maximum Gasteiger partial charge on any atom is 0.0794 e. The molecule has 0 saturated heterocycles. The molecule has 2 N–H and O–H groups in total. The first-order valence-electron chi connectivity index (χ1n) is 7.68. The molecule has 2 aromatic heterocycles. The quantitative estimate of drug-likeness (QED) is 0.629. The number of aromatic amines is 1.